The number of para-hydroxylation sites is 1. The average Bonchev–Trinajstić information content (AvgIpc) is 2.79. The van der Waals surface area contributed by atoms with Gasteiger partial charge in [0.05, 0.1) is 11.9 Å². The molecule has 4 aromatic rings. The van der Waals surface area contributed by atoms with Crippen molar-refractivity contribution in [2.24, 2.45) is 0 Å². The number of fused-ring (bicyclic) bond motifs is 1. The molecule has 0 aliphatic rings. The standard InChI is InChI=1S/C26H25N3O2/c1-19-9-5-6-12-21(19)25-27-23-14-8-7-13-22(23)26(28-25)29(18-16-24(30)31)17-15-20-10-3-2-4-11-20/h2-14H,15-18H2,1H3,(H,30,31). The highest BCUT2D eigenvalue weighted by atomic mass is 16.4. The van der Waals surface area contributed by atoms with Crippen molar-refractivity contribution in [1.82, 2.24) is 9.97 Å². The molecule has 0 amide bonds. The zero-order chi connectivity index (χ0) is 21.6. The highest BCUT2D eigenvalue weighted by molar-refractivity contribution is 5.91. The average molecular weight is 412 g/mol. The molecule has 0 radical (unpaired) electrons. The van der Waals surface area contributed by atoms with Gasteiger partial charge in [-0.3, -0.25) is 4.79 Å². The number of benzene rings is 3. The number of carbonyl (C=O) groups is 1. The zero-order valence-electron chi connectivity index (χ0n) is 17.5. The van der Waals surface area contributed by atoms with Crippen LogP contribution in [-0.4, -0.2) is 34.1 Å². The van der Waals surface area contributed by atoms with E-state index in [0.29, 0.717) is 18.9 Å². The second kappa shape index (κ2) is 9.39. The number of aromatic nitrogens is 2. The first-order valence-corrected chi connectivity index (χ1v) is 10.5. The summed E-state index contributed by atoms with van der Waals surface area (Å²) in [5, 5.41) is 10.2. The molecule has 0 aliphatic carbocycles. The van der Waals surface area contributed by atoms with Crippen LogP contribution in [-0.2, 0) is 11.2 Å². The third-order valence-electron chi connectivity index (χ3n) is 5.38. The molecule has 156 valence electrons. The summed E-state index contributed by atoms with van der Waals surface area (Å²) >= 11 is 0. The molecule has 1 heterocycles. The zero-order valence-corrected chi connectivity index (χ0v) is 17.5. The fourth-order valence-corrected chi connectivity index (χ4v) is 3.71. The molecule has 31 heavy (non-hydrogen) atoms. The van der Waals surface area contributed by atoms with Crippen LogP contribution in [0.15, 0.2) is 78.9 Å². The van der Waals surface area contributed by atoms with Crippen LogP contribution in [0.25, 0.3) is 22.3 Å². The second-order valence-corrected chi connectivity index (χ2v) is 7.57. The summed E-state index contributed by atoms with van der Waals surface area (Å²) in [5.74, 6) is 0.620. The van der Waals surface area contributed by atoms with Gasteiger partial charge >= 0.3 is 5.97 Å². The minimum absolute atomic E-state index is 0.0484. The van der Waals surface area contributed by atoms with Gasteiger partial charge in [-0.25, -0.2) is 9.97 Å². The van der Waals surface area contributed by atoms with E-state index in [-0.39, 0.29) is 6.42 Å². The first-order chi connectivity index (χ1) is 15.1. The Balaban J connectivity index is 1.78. The number of aryl methyl sites for hydroxylation is 1. The van der Waals surface area contributed by atoms with Gasteiger partial charge in [0, 0.05) is 24.0 Å². The van der Waals surface area contributed by atoms with Gasteiger partial charge < -0.3 is 10.0 Å². The van der Waals surface area contributed by atoms with E-state index < -0.39 is 5.97 Å². The third kappa shape index (κ3) is 4.89. The molecule has 0 spiro atoms. The van der Waals surface area contributed by atoms with Crippen molar-refractivity contribution in [3.8, 4) is 11.4 Å². The van der Waals surface area contributed by atoms with E-state index in [0.717, 1.165) is 34.3 Å². The van der Waals surface area contributed by atoms with Gasteiger partial charge in [0.1, 0.15) is 5.82 Å². The lowest BCUT2D eigenvalue weighted by Gasteiger charge is -2.25. The van der Waals surface area contributed by atoms with Gasteiger partial charge in [0.15, 0.2) is 5.82 Å². The summed E-state index contributed by atoms with van der Waals surface area (Å²) in [6.45, 7) is 3.10. The molecule has 5 heteroatoms. The van der Waals surface area contributed by atoms with E-state index in [1.165, 1.54) is 5.56 Å². The largest absolute Gasteiger partial charge is 0.481 e. The van der Waals surface area contributed by atoms with Crippen LogP contribution in [0.5, 0.6) is 0 Å². The molecular weight excluding hydrogens is 386 g/mol. The minimum Gasteiger partial charge on any atom is -0.481 e. The van der Waals surface area contributed by atoms with Crippen LogP contribution in [0.2, 0.25) is 0 Å². The normalized spacial score (nSPS) is 10.9. The summed E-state index contributed by atoms with van der Waals surface area (Å²) in [6, 6.07) is 26.2. The van der Waals surface area contributed by atoms with E-state index in [4.69, 9.17) is 9.97 Å². The summed E-state index contributed by atoms with van der Waals surface area (Å²) in [4.78, 5) is 23.2. The van der Waals surface area contributed by atoms with Crippen molar-refractivity contribution in [2.45, 2.75) is 19.8 Å². The number of carboxylic acid groups (broad SMARTS) is 1. The maximum absolute atomic E-state index is 11.3. The van der Waals surface area contributed by atoms with E-state index in [1.54, 1.807) is 0 Å². The lowest BCUT2D eigenvalue weighted by Crippen LogP contribution is -2.29. The molecule has 0 saturated carbocycles. The van der Waals surface area contributed by atoms with Gasteiger partial charge in [0.25, 0.3) is 0 Å². The predicted molar refractivity (Wildman–Crippen MR) is 124 cm³/mol. The molecule has 5 nitrogen and oxygen atoms in total. The third-order valence-corrected chi connectivity index (χ3v) is 5.38. The van der Waals surface area contributed by atoms with Crippen LogP contribution in [0.4, 0.5) is 5.82 Å². The highest BCUT2D eigenvalue weighted by Crippen LogP contribution is 2.29. The number of aliphatic carboxylic acids is 1. The van der Waals surface area contributed by atoms with Crippen molar-refractivity contribution in [2.75, 3.05) is 18.0 Å². The molecule has 0 bridgehead atoms. The molecule has 4 rings (SSSR count). The smallest absolute Gasteiger partial charge is 0.305 e. The molecule has 0 atom stereocenters. The van der Waals surface area contributed by atoms with Crippen LogP contribution >= 0.6 is 0 Å². The Morgan fingerprint density at radius 2 is 1.58 bits per heavy atom. The molecule has 0 aliphatic heterocycles. The molecule has 0 fully saturated rings. The second-order valence-electron chi connectivity index (χ2n) is 7.57. The SMILES string of the molecule is Cc1ccccc1-c1nc(N(CCC(=O)O)CCc2ccccc2)c2ccccc2n1. The van der Waals surface area contributed by atoms with E-state index in [1.807, 2.05) is 73.7 Å². The van der Waals surface area contributed by atoms with Crippen molar-refractivity contribution in [3.05, 3.63) is 90.0 Å². The van der Waals surface area contributed by atoms with Crippen molar-refractivity contribution < 1.29 is 9.90 Å². The quantitative estimate of drug-likeness (QED) is 0.435. The molecule has 1 aromatic heterocycles. The first-order valence-electron chi connectivity index (χ1n) is 10.5. The Morgan fingerprint density at radius 3 is 2.35 bits per heavy atom. The Labute approximate surface area is 182 Å². The number of hydrogen-bond acceptors (Lipinski definition) is 4. The Bertz CT molecular complexity index is 1190. The summed E-state index contributed by atoms with van der Waals surface area (Å²) in [7, 11) is 0. The van der Waals surface area contributed by atoms with Crippen molar-refractivity contribution >= 4 is 22.7 Å². The maximum atomic E-state index is 11.3. The van der Waals surface area contributed by atoms with Gasteiger partial charge in [-0.05, 0) is 36.6 Å². The van der Waals surface area contributed by atoms with E-state index >= 15 is 0 Å². The van der Waals surface area contributed by atoms with Crippen molar-refractivity contribution in [3.63, 3.8) is 0 Å². The summed E-state index contributed by atoms with van der Waals surface area (Å²) in [5.41, 5.74) is 4.15. The maximum Gasteiger partial charge on any atom is 0.305 e. The molecule has 3 aromatic carbocycles. The lowest BCUT2D eigenvalue weighted by atomic mass is 10.1. The fraction of sp³-hybridized carbons (Fsp3) is 0.192. The summed E-state index contributed by atoms with van der Waals surface area (Å²) in [6.07, 6.45) is 0.852. The summed E-state index contributed by atoms with van der Waals surface area (Å²) < 4.78 is 0. The lowest BCUT2D eigenvalue weighted by molar-refractivity contribution is -0.136. The van der Waals surface area contributed by atoms with Gasteiger partial charge in [-0.2, -0.15) is 0 Å². The van der Waals surface area contributed by atoms with Gasteiger partial charge in [-0.15, -0.1) is 0 Å². The van der Waals surface area contributed by atoms with Crippen LogP contribution in [0.3, 0.4) is 0 Å². The van der Waals surface area contributed by atoms with E-state index in [9.17, 15) is 9.90 Å². The Kier molecular flexibility index (Phi) is 6.22. The monoisotopic (exact) mass is 411 g/mol. The Hall–Kier alpha value is -3.73. The van der Waals surface area contributed by atoms with Crippen LogP contribution < -0.4 is 4.90 Å². The van der Waals surface area contributed by atoms with Gasteiger partial charge in [-0.1, -0.05) is 66.7 Å². The van der Waals surface area contributed by atoms with Crippen molar-refractivity contribution in [1.29, 1.82) is 0 Å². The number of carboxylic acids is 1. The number of nitrogens with zero attached hydrogens (tertiary/aromatic N) is 3. The molecule has 1 N–H and O–H groups in total. The highest BCUT2D eigenvalue weighted by Gasteiger charge is 2.17. The van der Waals surface area contributed by atoms with Gasteiger partial charge in [0.2, 0.25) is 0 Å². The number of anilines is 1. The minimum atomic E-state index is -0.817. The first kappa shape index (κ1) is 20.5. The fourth-order valence-electron chi connectivity index (χ4n) is 3.71. The van der Waals surface area contributed by atoms with E-state index in [2.05, 4.69) is 17.0 Å². The number of rotatable bonds is 8. The van der Waals surface area contributed by atoms with Crippen LogP contribution in [0, 0.1) is 6.92 Å². The number of hydrogen-bond donors (Lipinski definition) is 1. The molecule has 0 saturated heterocycles. The predicted octanol–water partition coefficient (Wildman–Crippen LogP) is 5.13. The van der Waals surface area contributed by atoms with Crippen LogP contribution in [0.1, 0.15) is 17.5 Å². The molecule has 0 unspecified atom stereocenters. The topological polar surface area (TPSA) is 66.3 Å². The Morgan fingerprint density at radius 1 is 0.871 bits per heavy atom. The molecular formula is C26H25N3O2.